The van der Waals surface area contributed by atoms with E-state index in [1.165, 1.54) is 0 Å². The lowest BCUT2D eigenvalue weighted by atomic mass is 9.74. The lowest BCUT2D eigenvalue weighted by Crippen LogP contribution is -2.51. The van der Waals surface area contributed by atoms with E-state index in [0.717, 1.165) is 29.9 Å². The minimum absolute atomic E-state index is 0.191. The third kappa shape index (κ3) is 6.65. The second kappa shape index (κ2) is 12.3. The van der Waals surface area contributed by atoms with Gasteiger partial charge in [-0.2, -0.15) is 11.8 Å². The van der Waals surface area contributed by atoms with Crippen LogP contribution in [0.4, 0.5) is 0 Å². The van der Waals surface area contributed by atoms with Gasteiger partial charge in [0.25, 0.3) is 5.91 Å². The van der Waals surface area contributed by atoms with Crippen LogP contribution in [-0.4, -0.2) is 56.7 Å². The lowest BCUT2D eigenvalue weighted by Gasteiger charge is -2.38. The summed E-state index contributed by atoms with van der Waals surface area (Å²) in [5.41, 5.74) is 1.28. The number of ether oxygens (including phenoxy) is 2. The third-order valence-corrected chi connectivity index (χ3v) is 7.08. The second-order valence-corrected chi connectivity index (χ2v) is 9.52. The predicted octanol–water partition coefficient (Wildman–Crippen LogP) is 4.06. The van der Waals surface area contributed by atoms with Crippen LogP contribution < -0.4 is 15.4 Å². The highest BCUT2D eigenvalue weighted by Crippen LogP contribution is 2.35. The molecule has 1 heterocycles. The van der Waals surface area contributed by atoms with Crippen LogP contribution in [0.25, 0.3) is 0 Å². The zero-order valence-electron chi connectivity index (χ0n) is 19.1. The molecule has 0 spiro atoms. The third-order valence-electron chi connectivity index (χ3n) is 6.10. The van der Waals surface area contributed by atoms with Gasteiger partial charge in [-0.25, -0.2) is 0 Å². The van der Waals surface area contributed by atoms with E-state index in [1.807, 2.05) is 18.4 Å². The van der Waals surface area contributed by atoms with Gasteiger partial charge < -0.3 is 20.1 Å². The maximum absolute atomic E-state index is 13.2. The van der Waals surface area contributed by atoms with E-state index in [9.17, 15) is 9.59 Å². The normalized spacial score (nSPS) is 16.0. The monoisotopic (exact) mass is 490 g/mol. The van der Waals surface area contributed by atoms with Gasteiger partial charge in [0.1, 0.15) is 11.8 Å². The van der Waals surface area contributed by atoms with Crippen LogP contribution in [0.1, 0.15) is 35.2 Å². The molecular weight excluding hydrogens is 460 g/mol. The largest absolute Gasteiger partial charge is 0.497 e. The summed E-state index contributed by atoms with van der Waals surface area (Å²) in [6, 6.07) is 14.2. The first kappa shape index (κ1) is 25.4. The van der Waals surface area contributed by atoms with Crippen LogP contribution in [-0.2, 0) is 14.9 Å². The first-order valence-electron chi connectivity index (χ1n) is 11.0. The van der Waals surface area contributed by atoms with E-state index in [-0.39, 0.29) is 17.2 Å². The zero-order chi connectivity index (χ0) is 23.7. The number of methoxy groups -OCH3 is 1. The van der Waals surface area contributed by atoms with Crippen LogP contribution in [0.15, 0.2) is 48.5 Å². The molecule has 2 N–H and O–H groups in total. The Kier molecular flexibility index (Phi) is 9.47. The highest BCUT2D eigenvalue weighted by Gasteiger charge is 2.35. The van der Waals surface area contributed by atoms with E-state index in [1.54, 1.807) is 43.1 Å². The topological polar surface area (TPSA) is 76.7 Å². The van der Waals surface area contributed by atoms with Gasteiger partial charge in [0.2, 0.25) is 5.91 Å². The molecule has 1 aliphatic heterocycles. The molecule has 1 fully saturated rings. The summed E-state index contributed by atoms with van der Waals surface area (Å²) in [7, 11) is 1.64. The molecule has 3 rings (SSSR count). The van der Waals surface area contributed by atoms with Gasteiger partial charge in [-0.05, 0) is 61.1 Å². The number of hydrogen-bond donors (Lipinski definition) is 2. The van der Waals surface area contributed by atoms with Crippen molar-refractivity contribution in [2.45, 2.75) is 30.7 Å². The Morgan fingerprint density at radius 3 is 2.48 bits per heavy atom. The SMILES string of the molecule is COc1ccc(C2(CNC(=O)C(CCSC)NC(=O)c3ccccc3Cl)CCOCC2)cc1. The molecule has 8 heteroatoms. The minimum Gasteiger partial charge on any atom is -0.497 e. The number of amides is 2. The molecule has 1 unspecified atom stereocenters. The highest BCUT2D eigenvalue weighted by atomic mass is 35.5. The quantitative estimate of drug-likeness (QED) is 0.525. The van der Waals surface area contributed by atoms with Crippen molar-refractivity contribution in [2.75, 3.05) is 38.9 Å². The molecule has 2 aromatic rings. The summed E-state index contributed by atoms with van der Waals surface area (Å²) >= 11 is 7.80. The molecule has 0 aliphatic carbocycles. The standard InChI is InChI=1S/C25H31ClN2O4S/c1-31-19-9-7-18(8-10-19)25(12-14-32-15-13-25)17-27-24(30)22(11-16-33-2)28-23(29)20-5-3-4-6-21(20)26/h3-10,22H,11-17H2,1-2H3,(H,27,30)(H,28,29). The lowest BCUT2D eigenvalue weighted by molar-refractivity contribution is -0.123. The van der Waals surface area contributed by atoms with Crippen molar-refractivity contribution >= 4 is 35.2 Å². The van der Waals surface area contributed by atoms with Crippen molar-refractivity contribution < 1.29 is 19.1 Å². The van der Waals surface area contributed by atoms with Gasteiger partial charge in [0.15, 0.2) is 0 Å². The maximum atomic E-state index is 13.2. The van der Waals surface area contributed by atoms with Crippen LogP contribution in [0.3, 0.4) is 0 Å². The summed E-state index contributed by atoms with van der Waals surface area (Å²) in [5, 5.41) is 6.35. The summed E-state index contributed by atoms with van der Waals surface area (Å²) in [5.74, 6) is 1.00. The highest BCUT2D eigenvalue weighted by molar-refractivity contribution is 7.98. The Bertz CT molecular complexity index is 932. The summed E-state index contributed by atoms with van der Waals surface area (Å²) in [4.78, 5) is 26.0. The Morgan fingerprint density at radius 1 is 1.15 bits per heavy atom. The van der Waals surface area contributed by atoms with Gasteiger partial charge in [-0.3, -0.25) is 9.59 Å². The Hall–Kier alpha value is -2.22. The molecule has 1 aliphatic rings. The molecule has 0 saturated carbocycles. The van der Waals surface area contributed by atoms with Crippen molar-refractivity contribution in [3.05, 3.63) is 64.7 Å². The summed E-state index contributed by atoms with van der Waals surface area (Å²) < 4.78 is 10.9. The van der Waals surface area contributed by atoms with E-state index in [4.69, 9.17) is 21.1 Å². The number of halogens is 1. The Balaban J connectivity index is 1.72. The van der Waals surface area contributed by atoms with Gasteiger partial charge in [-0.1, -0.05) is 35.9 Å². The number of nitrogens with one attached hydrogen (secondary N) is 2. The Morgan fingerprint density at radius 2 is 1.85 bits per heavy atom. The van der Waals surface area contributed by atoms with Crippen LogP contribution in [0.5, 0.6) is 5.75 Å². The van der Waals surface area contributed by atoms with Crippen LogP contribution in [0, 0.1) is 0 Å². The van der Waals surface area contributed by atoms with Crippen molar-refractivity contribution in [1.29, 1.82) is 0 Å². The van der Waals surface area contributed by atoms with Crippen molar-refractivity contribution in [3.63, 3.8) is 0 Å². The summed E-state index contributed by atoms with van der Waals surface area (Å²) in [6.45, 7) is 1.75. The fraction of sp³-hybridized carbons (Fsp3) is 0.440. The summed E-state index contributed by atoms with van der Waals surface area (Å²) in [6.07, 6.45) is 4.12. The van der Waals surface area contributed by atoms with E-state index in [2.05, 4.69) is 22.8 Å². The number of thioether (sulfide) groups is 1. The predicted molar refractivity (Wildman–Crippen MR) is 133 cm³/mol. The molecule has 2 aromatic carbocycles. The molecule has 0 radical (unpaired) electrons. The van der Waals surface area contributed by atoms with E-state index < -0.39 is 6.04 Å². The van der Waals surface area contributed by atoms with Gasteiger partial charge in [-0.15, -0.1) is 0 Å². The molecule has 0 aromatic heterocycles. The fourth-order valence-corrected chi connectivity index (χ4v) is 4.73. The van der Waals surface area contributed by atoms with Crippen molar-refractivity contribution in [1.82, 2.24) is 10.6 Å². The molecule has 178 valence electrons. The van der Waals surface area contributed by atoms with Gasteiger partial charge >= 0.3 is 0 Å². The number of rotatable bonds is 10. The molecule has 1 saturated heterocycles. The maximum Gasteiger partial charge on any atom is 0.253 e. The number of carbonyl (C=O) groups excluding carboxylic acids is 2. The van der Waals surface area contributed by atoms with Crippen LogP contribution >= 0.6 is 23.4 Å². The second-order valence-electron chi connectivity index (χ2n) is 8.13. The molecule has 2 amide bonds. The van der Waals surface area contributed by atoms with Gasteiger partial charge in [0.05, 0.1) is 17.7 Å². The molecule has 0 bridgehead atoms. The first-order valence-corrected chi connectivity index (χ1v) is 12.8. The first-order chi connectivity index (χ1) is 16.0. The van der Waals surface area contributed by atoms with E-state index >= 15 is 0 Å². The van der Waals surface area contributed by atoms with Crippen molar-refractivity contribution in [3.8, 4) is 5.75 Å². The fourth-order valence-electron chi connectivity index (χ4n) is 4.04. The average Bonchev–Trinajstić information content (AvgIpc) is 2.85. The average molecular weight is 491 g/mol. The number of carbonyl (C=O) groups is 2. The van der Waals surface area contributed by atoms with Crippen molar-refractivity contribution in [2.24, 2.45) is 0 Å². The van der Waals surface area contributed by atoms with Crippen LogP contribution in [0.2, 0.25) is 5.02 Å². The molecule has 1 atom stereocenters. The Labute approximate surface area is 204 Å². The number of hydrogen-bond acceptors (Lipinski definition) is 5. The van der Waals surface area contributed by atoms with Gasteiger partial charge in [0, 0.05) is 25.2 Å². The minimum atomic E-state index is -0.644. The zero-order valence-corrected chi connectivity index (χ0v) is 20.6. The molecular formula is C25H31ClN2O4S. The van der Waals surface area contributed by atoms with E-state index in [0.29, 0.717) is 36.8 Å². The smallest absolute Gasteiger partial charge is 0.253 e. The molecule has 33 heavy (non-hydrogen) atoms. The number of benzene rings is 2. The molecule has 6 nitrogen and oxygen atoms in total.